The van der Waals surface area contributed by atoms with Crippen LogP contribution in [0.25, 0.3) is 0 Å². The van der Waals surface area contributed by atoms with Gasteiger partial charge in [-0.1, -0.05) is 0 Å². The summed E-state index contributed by atoms with van der Waals surface area (Å²) in [6, 6.07) is 0. The van der Waals surface area contributed by atoms with Crippen LogP contribution in [-0.2, 0) is 19.7 Å². The van der Waals surface area contributed by atoms with Crippen molar-refractivity contribution < 1.29 is 65.1 Å². The quantitative estimate of drug-likeness (QED) is 0.265. The highest BCUT2D eigenvalue weighted by Crippen LogP contribution is 2.64. The van der Waals surface area contributed by atoms with Gasteiger partial charge in [0, 0.05) is 6.42 Å². The molecule has 1 aromatic carbocycles. The van der Waals surface area contributed by atoms with Gasteiger partial charge in [0.05, 0.1) is 10.3 Å². The Hall–Kier alpha value is -1.65. The fourth-order valence-electron chi connectivity index (χ4n) is 6.23. The molecule has 0 aliphatic heterocycles. The van der Waals surface area contributed by atoms with Gasteiger partial charge in [-0.15, -0.1) is 0 Å². The summed E-state index contributed by atoms with van der Waals surface area (Å²) in [5, 5.41) is -7.01. The zero-order valence-corrected chi connectivity index (χ0v) is 19.2. The van der Waals surface area contributed by atoms with E-state index in [9.17, 15) is 60.7 Å². The lowest BCUT2D eigenvalue weighted by Gasteiger charge is -2.58. The zero-order valence-electron chi connectivity index (χ0n) is 17.6. The lowest BCUT2D eigenvalue weighted by Crippen LogP contribution is -2.62. The molecule has 0 saturated heterocycles. The molecule has 4 aliphatic rings. The molecule has 3 unspecified atom stereocenters. The second kappa shape index (κ2) is 7.69. The highest BCUT2D eigenvalue weighted by atomic mass is 32.3. The van der Waals surface area contributed by atoms with E-state index < -0.39 is 112 Å². The maximum absolute atomic E-state index is 15.3. The van der Waals surface area contributed by atoms with E-state index in [2.05, 4.69) is 0 Å². The van der Waals surface area contributed by atoms with Crippen molar-refractivity contribution in [2.75, 3.05) is 0 Å². The van der Waals surface area contributed by atoms with Crippen molar-refractivity contribution in [1.82, 2.24) is 0 Å². The minimum absolute atomic E-state index is 0.210. The van der Waals surface area contributed by atoms with E-state index in [1.807, 2.05) is 0 Å². The molecule has 0 radical (unpaired) electrons. The maximum atomic E-state index is 15.3. The largest absolute Gasteiger partial charge is 0.469 e. The molecule has 36 heavy (non-hydrogen) atoms. The molecule has 4 fully saturated rings. The molecule has 0 spiro atoms. The van der Waals surface area contributed by atoms with Gasteiger partial charge in [0.25, 0.3) is 0 Å². The van der Waals surface area contributed by atoms with Crippen molar-refractivity contribution in [3.63, 3.8) is 0 Å². The van der Waals surface area contributed by atoms with Crippen LogP contribution in [-0.4, -0.2) is 38.7 Å². The van der Waals surface area contributed by atoms with Crippen molar-refractivity contribution in [1.29, 1.82) is 0 Å². The lowest BCUT2D eigenvalue weighted by molar-refractivity contribution is -0.241. The smallest absolute Gasteiger partial charge is 0.244 e. The van der Waals surface area contributed by atoms with E-state index in [0.717, 1.165) is 0 Å². The second-order valence-corrected chi connectivity index (χ2v) is 14.5. The fourth-order valence-corrected chi connectivity index (χ4v) is 12.0. The molecule has 4 aliphatic carbocycles. The minimum atomic E-state index is -7.68. The first-order valence-corrected chi connectivity index (χ1v) is 13.3. The highest BCUT2D eigenvalue weighted by molar-refractivity contribution is 8.09. The predicted molar refractivity (Wildman–Crippen MR) is 99.1 cm³/mol. The van der Waals surface area contributed by atoms with Crippen LogP contribution in [0.2, 0.25) is 0 Å². The summed E-state index contributed by atoms with van der Waals surface area (Å²) in [7, 11) is -13.9. The summed E-state index contributed by atoms with van der Waals surface area (Å²) in [4.78, 5) is 0. The molecule has 17 heteroatoms. The Bertz CT molecular complexity index is 1290. The molecular formula is C19H15F11O4S2. The third kappa shape index (κ3) is 3.50. The molecule has 4 saturated carbocycles. The van der Waals surface area contributed by atoms with Gasteiger partial charge in [0.15, 0.2) is 33.1 Å². The monoisotopic (exact) mass is 580 g/mol. The minimum Gasteiger partial charge on any atom is -0.244 e. The van der Waals surface area contributed by atoms with Crippen LogP contribution in [0.3, 0.4) is 0 Å². The summed E-state index contributed by atoms with van der Waals surface area (Å²) in [6.45, 7) is 0. The third-order valence-electron chi connectivity index (χ3n) is 7.27. The van der Waals surface area contributed by atoms with E-state index >= 15 is 4.39 Å². The number of sulfone groups is 2. The summed E-state index contributed by atoms with van der Waals surface area (Å²) in [5.41, 5.74) is -5.21. The summed E-state index contributed by atoms with van der Waals surface area (Å²) >= 11 is 0. The van der Waals surface area contributed by atoms with E-state index in [-0.39, 0.29) is 19.3 Å². The summed E-state index contributed by atoms with van der Waals surface area (Å²) < 4.78 is 199. The van der Waals surface area contributed by atoms with Gasteiger partial charge in [-0.3, -0.25) is 0 Å². The molecule has 0 heterocycles. The van der Waals surface area contributed by atoms with E-state index in [1.165, 1.54) is 0 Å². The number of rotatable bonds is 5. The van der Waals surface area contributed by atoms with Gasteiger partial charge >= 0.3 is 11.4 Å². The van der Waals surface area contributed by atoms with Gasteiger partial charge in [0.1, 0.15) is 5.67 Å². The first-order chi connectivity index (χ1) is 16.1. The number of alkyl halides is 6. The van der Waals surface area contributed by atoms with Gasteiger partial charge in [-0.25, -0.2) is 43.2 Å². The normalized spacial score (nSPS) is 31.6. The molecule has 5 rings (SSSR count). The van der Waals surface area contributed by atoms with Crippen molar-refractivity contribution in [3.8, 4) is 0 Å². The second-order valence-electron chi connectivity index (χ2n) is 9.71. The third-order valence-corrected chi connectivity index (χ3v) is 13.0. The lowest BCUT2D eigenvalue weighted by atomic mass is 9.54. The molecule has 0 aromatic heterocycles. The van der Waals surface area contributed by atoms with Gasteiger partial charge in [-0.05, 0) is 43.9 Å². The Labute approximate surface area is 196 Å². The van der Waals surface area contributed by atoms with Crippen molar-refractivity contribution in [3.05, 3.63) is 34.6 Å². The van der Waals surface area contributed by atoms with Crippen LogP contribution >= 0.6 is 0 Å². The highest BCUT2D eigenvalue weighted by Gasteiger charge is 2.74. The molecular weight excluding hydrogens is 565 g/mol. The molecule has 4 nitrogen and oxygen atoms in total. The average molecular weight is 580 g/mol. The number of halogens is 11. The number of hydrogen-bond donors (Lipinski definition) is 0. The first-order valence-electron chi connectivity index (χ1n) is 10.2. The Morgan fingerprint density at radius 1 is 0.722 bits per heavy atom. The molecule has 3 atom stereocenters. The SMILES string of the molecule is O=S(=O)(C(c1c(F)c(F)c(F)c(F)c1F)S(=O)(=O)C(F)(F)C(F)(F)F)C12CC3CC(CC(F)(C3)C1)C2. The van der Waals surface area contributed by atoms with Crippen LogP contribution in [0.1, 0.15) is 48.7 Å². The Morgan fingerprint density at radius 2 is 1.14 bits per heavy atom. The standard InChI is InChI=1S/C19H15F11O4S2/c20-10-9(11(21)13(23)14(24)12(10)22)15(36(33,34)19(29,30)18(26,27)28)35(31,32)17-4-7-1-8(5-17)3-16(25,2-7)6-17/h7-8,15H,1-6H2. The van der Waals surface area contributed by atoms with Crippen LogP contribution in [0, 0.1) is 40.9 Å². The van der Waals surface area contributed by atoms with Crippen molar-refractivity contribution in [2.45, 2.75) is 65.0 Å². The van der Waals surface area contributed by atoms with Crippen molar-refractivity contribution in [2.24, 2.45) is 11.8 Å². The van der Waals surface area contributed by atoms with E-state index in [1.54, 1.807) is 0 Å². The molecule has 4 bridgehead atoms. The maximum Gasteiger partial charge on any atom is 0.469 e. The average Bonchev–Trinajstić information content (AvgIpc) is 2.70. The van der Waals surface area contributed by atoms with Gasteiger partial charge in [0.2, 0.25) is 20.2 Å². The van der Waals surface area contributed by atoms with Gasteiger partial charge < -0.3 is 0 Å². The van der Waals surface area contributed by atoms with E-state index in [4.69, 9.17) is 0 Å². The molecule has 0 N–H and O–H groups in total. The van der Waals surface area contributed by atoms with Crippen LogP contribution in [0.4, 0.5) is 48.3 Å². The number of hydrogen-bond acceptors (Lipinski definition) is 4. The summed E-state index contributed by atoms with van der Waals surface area (Å²) in [5.74, 6) is -16.9. The van der Waals surface area contributed by atoms with Crippen LogP contribution in [0.5, 0.6) is 0 Å². The fraction of sp³-hybridized carbons (Fsp3) is 0.684. The topological polar surface area (TPSA) is 68.3 Å². The predicted octanol–water partition coefficient (Wildman–Crippen LogP) is 5.43. The molecule has 204 valence electrons. The zero-order chi connectivity index (χ0) is 27.4. The van der Waals surface area contributed by atoms with Crippen molar-refractivity contribution >= 4 is 19.7 Å². The van der Waals surface area contributed by atoms with E-state index in [0.29, 0.717) is 0 Å². The summed E-state index contributed by atoms with van der Waals surface area (Å²) in [6.07, 6.45) is -9.73. The Morgan fingerprint density at radius 3 is 1.53 bits per heavy atom. The van der Waals surface area contributed by atoms with Crippen LogP contribution in [0.15, 0.2) is 0 Å². The first kappa shape index (κ1) is 27.4. The van der Waals surface area contributed by atoms with Gasteiger partial charge in [-0.2, -0.15) is 22.0 Å². The number of benzene rings is 1. The Kier molecular flexibility index (Phi) is 5.85. The molecule has 0 amide bonds. The Balaban J connectivity index is 2.07. The molecule has 1 aromatic rings. The van der Waals surface area contributed by atoms with Crippen LogP contribution < -0.4 is 0 Å².